The standard InChI is InChI=1S/C11H15F3N2O2/c1-2-6-16-9(3-5-15-16)10(17)4-7-18-8-11(12,13)14/h3,5H,2,4,6-8H2,1H3. The van der Waals surface area contributed by atoms with Crippen LogP contribution in [0.25, 0.3) is 0 Å². The molecule has 1 aromatic heterocycles. The van der Waals surface area contributed by atoms with Gasteiger partial charge in [0.2, 0.25) is 0 Å². The highest BCUT2D eigenvalue weighted by atomic mass is 19.4. The Bertz CT molecular complexity index is 388. The van der Waals surface area contributed by atoms with E-state index in [1.165, 1.54) is 6.20 Å². The lowest BCUT2D eigenvalue weighted by atomic mass is 10.2. The minimum absolute atomic E-state index is 0.0779. The quantitative estimate of drug-likeness (QED) is 0.561. The van der Waals surface area contributed by atoms with Crippen LogP contribution in [0.3, 0.4) is 0 Å². The van der Waals surface area contributed by atoms with Gasteiger partial charge in [0.25, 0.3) is 0 Å². The van der Waals surface area contributed by atoms with Gasteiger partial charge in [-0.2, -0.15) is 18.3 Å². The van der Waals surface area contributed by atoms with E-state index in [0.29, 0.717) is 12.2 Å². The summed E-state index contributed by atoms with van der Waals surface area (Å²) in [5.41, 5.74) is 0.410. The van der Waals surface area contributed by atoms with Crippen molar-refractivity contribution in [2.45, 2.75) is 32.5 Å². The van der Waals surface area contributed by atoms with Crippen LogP contribution >= 0.6 is 0 Å². The topological polar surface area (TPSA) is 44.1 Å². The molecule has 7 heteroatoms. The number of ether oxygens (including phenoxy) is 1. The van der Waals surface area contributed by atoms with Crippen molar-refractivity contribution < 1.29 is 22.7 Å². The molecule has 0 N–H and O–H groups in total. The molecule has 0 aliphatic carbocycles. The van der Waals surface area contributed by atoms with Gasteiger partial charge in [-0.3, -0.25) is 9.48 Å². The summed E-state index contributed by atoms with van der Waals surface area (Å²) in [4.78, 5) is 11.7. The number of ketones is 1. The van der Waals surface area contributed by atoms with Crippen LogP contribution in [0.5, 0.6) is 0 Å². The van der Waals surface area contributed by atoms with E-state index < -0.39 is 12.8 Å². The van der Waals surface area contributed by atoms with Gasteiger partial charge in [0, 0.05) is 19.2 Å². The van der Waals surface area contributed by atoms with E-state index in [-0.39, 0.29) is 18.8 Å². The number of carbonyl (C=O) groups is 1. The first-order valence-electron chi connectivity index (χ1n) is 5.63. The van der Waals surface area contributed by atoms with Crippen molar-refractivity contribution in [1.82, 2.24) is 9.78 Å². The number of carbonyl (C=O) groups excluding carboxylic acids is 1. The largest absolute Gasteiger partial charge is 0.411 e. The Morgan fingerprint density at radius 2 is 2.22 bits per heavy atom. The molecule has 0 saturated heterocycles. The summed E-state index contributed by atoms with van der Waals surface area (Å²) in [6.45, 7) is 0.990. The minimum Gasteiger partial charge on any atom is -0.372 e. The van der Waals surface area contributed by atoms with Gasteiger partial charge < -0.3 is 4.74 Å². The Morgan fingerprint density at radius 3 is 2.83 bits per heavy atom. The van der Waals surface area contributed by atoms with Crippen LogP contribution in [-0.4, -0.2) is 35.0 Å². The fraction of sp³-hybridized carbons (Fsp3) is 0.636. The smallest absolute Gasteiger partial charge is 0.372 e. The lowest BCUT2D eigenvalue weighted by Crippen LogP contribution is -2.19. The molecular formula is C11H15F3N2O2. The molecule has 102 valence electrons. The predicted octanol–water partition coefficient (Wildman–Crippen LogP) is 2.44. The molecule has 0 atom stereocenters. The minimum atomic E-state index is -4.35. The number of aryl methyl sites for hydroxylation is 1. The van der Waals surface area contributed by atoms with E-state index in [1.807, 2.05) is 6.92 Å². The van der Waals surface area contributed by atoms with E-state index in [0.717, 1.165) is 6.42 Å². The van der Waals surface area contributed by atoms with Gasteiger partial charge >= 0.3 is 6.18 Å². The zero-order valence-corrected chi connectivity index (χ0v) is 10.0. The van der Waals surface area contributed by atoms with Crippen molar-refractivity contribution in [2.75, 3.05) is 13.2 Å². The van der Waals surface area contributed by atoms with Crippen molar-refractivity contribution in [3.05, 3.63) is 18.0 Å². The second kappa shape index (κ2) is 6.53. The Morgan fingerprint density at radius 1 is 1.50 bits per heavy atom. The van der Waals surface area contributed by atoms with Crippen LogP contribution in [0.1, 0.15) is 30.3 Å². The first kappa shape index (κ1) is 14.7. The maximum Gasteiger partial charge on any atom is 0.411 e. The van der Waals surface area contributed by atoms with E-state index in [2.05, 4.69) is 9.84 Å². The highest BCUT2D eigenvalue weighted by Crippen LogP contribution is 2.14. The maximum absolute atomic E-state index is 11.8. The molecular weight excluding hydrogens is 249 g/mol. The van der Waals surface area contributed by atoms with Gasteiger partial charge in [0.1, 0.15) is 12.3 Å². The number of halogens is 3. The summed E-state index contributed by atoms with van der Waals surface area (Å²) in [7, 11) is 0. The zero-order chi connectivity index (χ0) is 13.6. The monoisotopic (exact) mass is 264 g/mol. The predicted molar refractivity (Wildman–Crippen MR) is 58.3 cm³/mol. The summed E-state index contributed by atoms with van der Waals surface area (Å²) < 4.78 is 41.3. The number of nitrogens with zero attached hydrogens (tertiary/aromatic N) is 2. The van der Waals surface area contributed by atoms with E-state index >= 15 is 0 Å². The normalized spacial score (nSPS) is 11.8. The molecule has 0 unspecified atom stereocenters. The van der Waals surface area contributed by atoms with Crippen molar-refractivity contribution in [2.24, 2.45) is 0 Å². The van der Waals surface area contributed by atoms with E-state index in [4.69, 9.17) is 0 Å². The molecule has 0 fully saturated rings. The molecule has 0 radical (unpaired) electrons. The molecule has 0 aliphatic heterocycles. The Labute approximate surface area is 103 Å². The molecule has 1 aromatic rings. The van der Waals surface area contributed by atoms with E-state index in [9.17, 15) is 18.0 Å². The molecule has 0 bridgehead atoms. The van der Waals surface area contributed by atoms with Crippen LogP contribution in [0.4, 0.5) is 13.2 Å². The average Bonchev–Trinajstić information content (AvgIpc) is 2.71. The van der Waals surface area contributed by atoms with Gasteiger partial charge in [-0.05, 0) is 12.5 Å². The molecule has 1 rings (SSSR count). The highest BCUT2D eigenvalue weighted by molar-refractivity contribution is 5.94. The molecule has 0 aromatic carbocycles. The van der Waals surface area contributed by atoms with Gasteiger partial charge in [-0.25, -0.2) is 0 Å². The number of aromatic nitrogens is 2. The number of Topliss-reactive ketones (excluding diaryl/α,β-unsaturated/α-hetero) is 1. The molecule has 0 amide bonds. The molecule has 4 nitrogen and oxygen atoms in total. The summed E-state index contributed by atoms with van der Waals surface area (Å²) in [5.74, 6) is -0.261. The fourth-order valence-electron chi connectivity index (χ4n) is 1.44. The number of rotatable bonds is 7. The lowest BCUT2D eigenvalue weighted by molar-refractivity contribution is -0.173. The van der Waals surface area contributed by atoms with Gasteiger partial charge in [0.05, 0.1) is 6.61 Å². The van der Waals surface area contributed by atoms with Crippen molar-refractivity contribution in [1.29, 1.82) is 0 Å². The Balaban J connectivity index is 2.38. The third kappa shape index (κ3) is 4.87. The first-order valence-corrected chi connectivity index (χ1v) is 5.63. The number of alkyl halides is 3. The summed E-state index contributed by atoms with van der Waals surface area (Å²) in [6.07, 6.45) is -2.11. The first-order chi connectivity index (χ1) is 8.44. The molecule has 18 heavy (non-hydrogen) atoms. The molecule has 0 spiro atoms. The van der Waals surface area contributed by atoms with Crippen LogP contribution in [0.2, 0.25) is 0 Å². The van der Waals surface area contributed by atoms with Crippen LogP contribution in [-0.2, 0) is 11.3 Å². The van der Waals surface area contributed by atoms with Crippen molar-refractivity contribution in [3.63, 3.8) is 0 Å². The number of hydrogen-bond donors (Lipinski definition) is 0. The fourth-order valence-corrected chi connectivity index (χ4v) is 1.44. The molecule has 1 heterocycles. The van der Waals surface area contributed by atoms with Crippen LogP contribution < -0.4 is 0 Å². The SMILES string of the molecule is CCCn1nccc1C(=O)CCOCC(F)(F)F. The Hall–Kier alpha value is -1.37. The Kier molecular flexibility index (Phi) is 5.33. The summed E-state index contributed by atoms with van der Waals surface area (Å²) in [5, 5.41) is 3.97. The zero-order valence-electron chi connectivity index (χ0n) is 10.0. The van der Waals surface area contributed by atoms with Gasteiger partial charge in [-0.15, -0.1) is 0 Å². The second-order valence-electron chi connectivity index (χ2n) is 3.78. The third-order valence-corrected chi connectivity index (χ3v) is 2.18. The number of hydrogen-bond acceptors (Lipinski definition) is 3. The molecule has 0 aliphatic rings. The van der Waals surface area contributed by atoms with Gasteiger partial charge in [-0.1, -0.05) is 6.92 Å². The van der Waals surface area contributed by atoms with Crippen molar-refractivity contribution >= 4 is 5.78 Å². The second-order valence-corrected chi connectivity index (χ2v) is 3.78. The third-order valence-electron chi connectivity index (χ3n) is 2.18. The summed E-state index contributed by atoms with van der Waals surface area (Å²) >= 11 is 0. The van der Waals surface area contributed by atoms with Crippen LogP contribution in [0, 0.1) is 0 Å². The lowest BCUT2D eigenvalue weighted by Gasteiger charge is -2.08. The average molecular weight is 264 g/mol. The molecule has 0 saturated carbocycles. The highest BCUT2D eigenvalue weighted by Gasteiger charge is 2.27. The van der Waals surface area contributed by atoms with Crippen LogP contribution in [0.15, 0.2) is 12.3 Å². The maximum atomic E-state index is 11.8. The van der Waals surface area contributed by atoms with Crippen molar-refractivity contribution in [3.8, 4) is 0 Å². The van der Waals surface area contributed by atoms with E-state index in [1.54, 1.807) is 10.7 Å². The summed E-state index contributed by atoms with van der Waals surface area (Å²) in [6, 6.07) is 1.56. The van der Waals surface area contributed by atoms with Gasteiger partial charge in [0.15, 0.2) is 5.78 Å².